The molecule has 0 radical (unpaired) electrons. The van der Waals surface area contributed by atoms with E-state index in [1.54, 1.807) is 0 Å². The van der Waals surface area contributed by atoms with Crippen LogP contribution in [-0.4, -0.2) is 17.2 Å². The molecule has 1 aromatic rings. The van der Waals surface area contributed by atoms with Gasteiger partial charge in [0.1, 0.15) is 0 Å². The van der Waals surface area contributed by atoms with Crippen molar-refractivity contribution < 1.29 is 5.11 Å². The van der Waals surface area contributed by atoms with Crippen molar-refractivity contribution in [3.05, 3.63) is 34.9 Å². The second-order valence-electron chi connectivity index (χ2n) is 7.65. The Labute approximate surface area is 131 Å². The largest absolute Gasteiger partial charge is 0.387 e. The van der Waals surface area contributed by atoms with E-state index >= 15 is 0 Å². The van der Waals surface area contributed by atoms with E-state index in [1.807, 2.05) is 24.3 Å². The molecule has 4 fully saturated rings. The van der Waals surface area contributed by atoms with Gasteiger partial charge >= 0.3 is 0 Å². The van der Waals surface area contributed by atoms with Gasteiger partial charge in [0.15, 0.2) is 0 Å². The zero-order valence-corrected chi connectivity index (χ0v) is 13.1. The standard InChI is InChI=1S/C18H24ClNO/c19-16-3-1-15(2-4-16)17(21)11-20-18-8-12-5-13(9-18)7-14(6-12)10-18/h1-4,12-14,17,20-21H,5-11H2. The van der Waals surface area contributed by atoms with Gasteiger partial charge in [-0.2, -0.15) is 0 Å². The Balaban J connectivity index is 1.41. The number of hydrogen-bond donors (Lipinski definition) is 2. The first-order chi connectivity index (χ1) is 10.1. The number of β-amino-alcohol motifs (C(OH)–C–C–N with tert-alkyl or cyclic N) is 1. The maximum Gasteiger partial charge on any atom is 0.0914 e. The molecule has 4 saturated carbocycles. The van der Waals surface area contributed by atoms with Gasteiger partial charge in [-0.25, -0.2) is 0 Å². The lowest BCUT2D eigenvalue weighted by Gasteiger charge is -2.57. The predicted molar refractivity (Wildman–Crippen MR) is 85.3 cm³/mol. The molecular formula is C18H24ClNO. The quantitative estimate of drug-likeness (QED) is 0.883. The second-order valence-corrected chi connectivity index (χ2v) is 8.08. The lowest BCUT2D eigenvalue weighted by molar-refractivity contribution is -0.0248. The molecule has 5 rings (SSSR count). The summed E-state index contributed by atoms with van der Waals surface area (Å²) >= 11 is 5.91. The zero-order chi connectivity index (χ0) is 14.4. The normalized spacial score (nSPS) is 38.7. The van der Waals surface area contributed by atoms with E-state index in [4.69, 9.17) is 11.6 Å². The summed E-state index contributed by atoms with van der Waals surface area (Å²) in [6, 6.07) is 7.55. The van der Waals surface area contributed by atoms with E-state index in [2.05, 4.69) is 5.32 Å². The number of aliphatic hydroxyl groups is 1. The summed E-state index contributed by atoms with van der Waals surface area (Å²) in [6.07, 6.45) is 7.92. The zero-order valence-electron chi connectivity index (χ0n) is 12.4. The Morgan fingerprint density at radius 3 is 2.10 bits per heavy atom. The van der Waals surface area contributed by atoms with E-state index in [-0.39, 0.29) is 0 Å². The first-order valence-electron chi connectivity index (χ1n) is 8.30. The number of hydrogen-bond acceptors (Lipinski definition) is 2. The van der Waals surface area contributed by atoms with Crippen LogP contribution >= 0.6 is 11.6 Å². The predicted octanol–water partition coefficient (Wildman–Crippen LogP) is 3.93. The number of aliphatic hydroxyl groups excluding tert-OH is 1. The van der Waals surface area contributed by atoms with Crippen LogP contribution in [0.3, 0.4) is 0 Å². The average molecular weight is 306 g/mol. The fourth-order valence-corrected chi connectivity index (χ4v) is 5.57. The first-order valence-corrected chi connectivity index (χ1v) is 8.68. The van der Waals surface area contributed by atoms with Gasteiger partial charge in [0.25, 0.3) is 0 Å². The van der Waals surface area contributed by atoms with Crippen LogP contribution in [0.1, 0.15) is 50.2 Å². The minimum atomic E-state index is -0.435. The third-order valence-electron chi connectivity index (χ3n) is 5.96. The molecule has 1 aromatic carbocycles. The second kappa shape index (κ2) is 5.26. The van der Waals surface area contributed by atoms with Crippen LogP contribution in [0.5, 0.6) is 0 Å². The number of nitrogens with one attached hydrogen (secondary N) is 1. The van der Waals surface area contributed by atoms with Crippen LogP contribution in [-0.2, 0) is 0 Å². The Morgan fingerprint density at radius 1 is 1.05 bits per heavy atom. The van der Waals surface area contributed by atoms with Crippen LogP contribution in [0.25, 0.3) is 0 Å². The molecular weight excluding hydrogens is 282 g/mol. The number of rotatable bonds is 4. The smallest absolute Gasteiger partial charge is 0.0914 e. The van der Waals surface area contributed by atoms with Gasteiger partial charge in [0.05, 0.1) is 6.10 Å². The van der Waals surface area contributed by atoms with E-state index in [0.717, 1.165) is 28.3 Å². The molecule has 0 amide bonds. The summed E-state index contributed by atoms with van der Waals surface area (Å²) in [7, 11) is 0. The maximum atomic E-state index is 10.4. The summed E-state index contributed by atoms with van der Waals surface area (Å²) in [5, 5.41) is 14.9. The molecule has 2 N–H and O–H groups in total. The Kier molecular flexibility index (Phi) is 3.52. The molecule has 21 heavy (non-hydrogen) atoms. The molecule has 0 heterocycles. The molecule has 4 bridgehead atoms. The third kappa shape index (κ3) is 2.74. The van der Waals surface area contributed by atoms with E-state index in [0.29, 0.717) is 12.1 Å². The summed E-state index contributed by atoms with van der Waals surface area (Å²) < 4.78 is 0. The number of benzene rings is 1. The fraction of sp³-hybridized carbons (Fsp3) is 0.667. The monoisotopic (exact) mass is 305 g/mol. The van der Waals surface area contributed by atoms with E-state index in [1.165, 1.54) is 38.5 Å². The van der Waals surface area contributed by atoms with Gasteiger partial charge in [-0.15, -0.1) is 0 Å². The summed E-state index contributed by atoms with van der Waals surface area (Å²) in [4.78, 5) is 0. The van der Waals surface area contributed by atoms with Gasteiger partial charge in [-0.3, -0.25) is 0 Å². The Morgan fingerprint density at radius 2 is 1.57 bits per heavy atom. The van der Waals surface area contributed by atoms with E-state index in [9.17, 15) is 5.11 Å². The molecule has 3 heteroatoms. The Bertz CT molecular complexity index is 477. The highest BCUT2D eigenvalue weighted by Crippen LogP contribution is 2.55. The van der Waals surface area contributed by atoms with Gasteiger partial charge in [-0.05, 0) is 74.0 Å². The highest BCUT2D eigenvalue weighted by Gasteiger charge is 2.50. The summed E-state index contributed by atoms with van der Waals surface area (Å²) in [5.41, 5.74) is 1.28. The highest BCUT2D eigenvalue weighted by atomic mass is 35.5. The first kappa shape index (κ1) is 14.0. The molecule has 0 saturated heterocycles. The van der Waals surface area contributed by atoms with Crippen molar-refractivity contribution in [2.24, 2.45) is 17.8 Å². The highest BCUT2D eigenvalue weighted by molar-refractivity contribution is 6.30. The maximum absolute atomic E-state index is 10.4. The third-order valence-corrected chi connectivity index (χ3v) is 6.22. The molecule has 0 spiro atoms. The van der Waals surface area contributed by atoms with Crippen molar-refractivity contribution in [1.29, 1.82) is 0 Å². The SMILES string of the molecule is OC(CNC12CC3CC(CC(C3)C1)C2)c1ccc(Cl)cc1. The molecule has 2 nitrogen and oxygen atoms in total. The van der Waals surface area contributed by atoms with Crippen molar-refractivity contribution >= 4 is 11.6 Å². The minimum Gasteiger partial charge on any atom is -0.387 e. The molecule has 114 valence electrons. The van der Waals surface area contributed by atoms with Gasteiger partial charge in [0.2, 0.25) is 0 Å². The van der Waals surface area contributed by atoms with E-state index < -0.39 is 6.10 Å². The van der Waals surface area contributed by atoms with Gasteiger partial charge in [0, 0.05) is 17.1 Å². The fourth-order valence-electron chi connectivity index (χ4n) is 5.44. The lowest BCUT2D eigenvalue weighted by atomic mass is 9.53. The molecule has 4 aliphatic rings. The van der Waals surface area contributed by atoms with Crippen LogP contribution in [0, 0.1) is 17.8 Å². The van der Waals surface area contributed by atoms with Crippen molar-refractivity contribution in [2.75, 3.05) is 6.54 Å². The lowest BCUT2D eigenvalue weighted by Crippen LogP contribution is -2.59. The van der Waals surface area contributed by atoms with Crippen LogP contribution in [0.2, 0.25) is 5.02 Å². The molecule has 0 aromatic heterocycles. The topological polar surface area (TPSA) is 32.3 Å². The van der Waals surface area contributed by atoms with Gasteiger partial charge in [-0.1, -0.05) is 23.7 Å². The van der Waals surface area contributed by atoms with Crippen LogP contribution in [0.4, 0.5) is 0 Å². The van der Waals surface area contributed by atoms with Crippen molar-refractivity contribution in [1.82, 2.24) is 5.32 Å². The van der Waals surface area contributed by atoms with Crippen LogP contribution < -0.4 is 5.32 Å². The summed E-state index contributed by atoms with van der Waals surface area (Å²) in [6.45, 7) is 0.661. The molecule has 1 unspecified atom stereocenters. The molecule has 4 aliphatic carbocycles. The Hall–Kier alpha value is -0.570. The number of halogens is 1. The molecule has 0 aliphatic heterocycles. The molecule has 1 atom stereocenters. The van der Waals surface area contributed by atoms with Crippen molar-refractivity contribution in [3.63, 3.8) is 0 Å². The van der Waals surface area contributed by atoms with Crippen molar-refractivity contribution in [3.8, 4) is 0 Å². The minimum absolute atomic E-state index is 0.322. The van der Waals surface area contributed by atoms with Crippen LogP contribution in [0.15, 0.2) is 24.3 Å². The van der Waals surface area contributed by atoms with Crippen molar-refractivity contribution in [2.45, 2.75) is 50.2 Å². The average Bonchev–Trinajstić information content (AvgIpc) is 2.44. The van der Waals surface area contributed by atoms with Gasteiger partial charge < -0.3 is 10.4 Å². The summed E-state index contributed by atoms with van der Waals surface area (Å²) in [5.74, 6) is 2.82.